The van der Waals surface area contributed by atoms with E-state index in [-0.39, 0.29) is 18.6 Å². The van der Waals surface area contributed by atoms with Crippen molar-refractivity contribution < 1.29 is 19.1 Å². The van der Waals surface area contributed by atoms with Gasteiger partial charge in [0.2, 0.25) is 0 Å². The van der Waals surface area contributed by atoms with Crippen LogP contribution in [0.3, 0.4) is 0 Å². The van der Waals surface area contributed by atoms with Crippen molar-refractivity contribution in [3.63, 3.8) is 0 Å². The number of hydrogen-bond acceptors (Lipinski definition) is 4. The fourth-order valence-corrected chi connectivity index (χ4v) is 2.97. The van der Waals surface area contributed by atoms with Gasteiger partial charge in [0.15, 0.2) is 12.7 Å². The monoisotopic (exact) mass is 333 g/mol. The summed E-state index contributed by atoms with van der Waals surface area (Å²) in [6.07, 6.45) is 3.72. The highest BCUT2D eigenvalue weighted by atomic mass is 16.6. The standard InChI is InChI=1S/C19H27NO4/c1-13-7-6-9-16(11-13)24-15(3)19(22)23-12-18(21)20-17-10-5-4-8-14(17)2/h6-7,9,11,14-15,17H,4-5,8,10,12H2,1-3H3,(H,20,21)/t14-,15-,17+/m0/s1. The molecule has 0 radical (unpaired) electrons. The number of hydrogen-bond donors (Lipinski definition) is 1. The number of benzene rings is 1. The summed E-state index contributed by atoms with van der Waals surface area (Å²) in [7, 11) is 0. The molecule has 1 amide bonds. The molecule has 24 heavy (non-hydrogen) atoms. The molecule has 0 heterocycles. The molecule has 2 rings (SSSR count). The van der Waals surface area contributed by atoms with E-state index in [9.17, 15) is 9.59 Å². The third-order valence-corrected chi connectivity index (χ3v) is 4.44. The number of carbonyl (C=O) groups excluding carboxylic acids is 2. The highest BCUT2D eigenvalue weighted by Gasteiger charge is 2.24. The summed E-state index contributed by atoms with van der Waals surface area (Å²) >= 11 is 0. The van der Waals surface area contributed by atoms with Crippen molar-refractivity contribution in [1.29, 1.82) is 0 Å². The lowest BCUT2D eigenvalue weighted by atomic mass is 9.86. The molecule has 1 N–H and O–H groups in total. The van der Waals surface area contributed by atoms with Gasteiger partial charge in [-0.05, 0) is 50.3 Å². The lowest BCUT2D eigenvalue weighted by Gasteiger charge is -2.29. The number of amides is 1. The highest BCUT2D eigenvalue weighted by Crippen LogP contribution is 2.23. The van der Waals surface area contributed by atoms with E-state index in [0.717, 1.165) is 24.8 Å². The van der Waals surface area contributed by atoms with Gasteiger partial charge in [-0.15, -0.1) is 0 Å². The first-order chi connectivity index (χ1) is 11.5. The Kier molecular flexibility index (Phi) is 6.64. The van der Waals surface area contributed by atoms with Gasteiger partial charge in [0.1, 0.15) is 5.75 Å². The molecule has 1 aliphatic rings. The Morgan fingerprint density at radius 1 is 1.29 bits per heavy atom. The molecular formula is C19H27NO4. The Morgan fingerprint density at radius 3 is 2.75 bits per heavy atom. The average molecular weight is 333 g/mol. The third kappa shape index (κ3) is 5.55. The minimum Gasteiger partial charge on any atom is -0.479 e. The zero-order valence-electron chi connectivity index (χ0n) is 14.7. The first kappa shape index (κ1) is 18.3. The van der Waals surface area contributed by atoms with Crippen molar-refractivity contribution in [3.05, 3.63) is 29.8 Å². The number of esters is 1. The lowest BCUT2D eigenvalue weighted by Crippen LogP contribution is -2.43. The molecule has 1 fully saturated rings. The second-order valence-electron chi connectivity index (χ2n) is 6.62. The molecule has 1 aromatic rings. The maximum Gasteiger partial charge on any atom is 0.347 e. The van der Waals surface area contributed by atoms with Crippen molar-refractivity contribution in [1.82, 2.24) is 5.32 Å². The summed E-state index contributed by atoms with van der Waals surface area (Å²) in [5.41, 5.74) is 1.05. The normalized spacial score (nSPS) is 21.6. The summed E-state index contributed by atoms with van der Waals surface area (Å²) in [6, 6.07) is 7.63. The second kappa shape index (κ2) is 8.71. The summed E-state index contributed by atoms with van der Waals surface area (Å²) < 4.78 is 10.6. The average Bonchev–Trinajstić information content (AvgIpc) is 2.54. The van der Waals surface area contributed by atoms with Crippen LogP contribution in [0, 0.1) is 12.8 Å². The van der Waals surface area contributed by atoms with Crippen LogP contribution in [0.2, 0.25) is 0 Å². The summed E-state index contributed by atoms with van der Waals surface area (Å²) in [6.45, 7) is 5.45. The fourth-order valence-electron chi connectivity index (χ4n) is 2.97. The summed E-state index contributed by atoms with van der Waals surface area (Å²) in [5.74, 6) is 0.301. The number of carbonyl (C=O) groups is 2. The number of rotatable bonds is 6. The van der Waals surface area contributed by atoms with Gasteiger partial charge in [-0.1, -0.05) is 31.9 Å². The topological polar surface area (TPSA) is 64.6 Å². The molecule has 5 heteroatoms. The van der Waals surface area contributed by atoms with E-state index in [1.54, 1.807) is 13.0 Å². The first-order valence-corrected chi connectivity index (χ1v) is 8.65. The molecule has 0 saturated heterocycles. The zero-order valence-corrected chi connectivity index (χ0v) is 14.7. The van der Waals surface area contributed by atoms with Gasteiger partial charge in [-0.2, -0.15) is 0 Å². The van der Waals surface area contributed by atoms with Crippen LogP contribution in [0.15, 0.2) is 24.3 Å². The van der Waals surface area contributed by atoms with Crippen LogP contribution in [0.4, 0.5) is 0 Å². The maximum absolute atomic E-state index is 12.0. The molecular weight excluding hydrogens is 306 g/mol. The molecule has 1 aliphatic carbocycles. The van der Waals surface area contributed by atoms with E-state index in [2.05, 4.69) is 12.2 Å². The Morgan fingerprint density at radius 2 is 2.04 bits per heavy atom. The van der Waals surface area contributed by atoms with Gasteiger partial charge >= 0.3 is 5.97 Å². The zero-order chi connectivity index (χ0) is 17.5. The van der Waals surface area contributed by atoms with Crippen LogP contribution < -0.4 is 10.1 Å². The molecule has 0 unspecified atom stereocenters. The fraction of sp³-hybridized carbons (Fsp3) is 0.579. The predicted molar refractivity (Wildman–Crippen MR) is 91.8 cm³/mol. The van der Waals surface area contributed by atoms with Crippen LogP contribution in [0.1, 0.15) is 45.1 Å². The number of ether oxygens (including phenoxy) is 2. The Balaban J connectivity index is 1.74. The molecule has 0 aliphatic heterocycles. The SMILES string of the molecule is Cc1cccc(O[C@@H](C)C(=O)OCC(=O)N[C@@H]2CCCC[C@@H]2C)c1. The molecule has 1 saturated carbocycles. The van der Waals surface area contributed by atoms with Gasteiger partial charge in [0, 0.05) is 6.04 Å². The van der Waals surface area contributed by atoms with Gasteiger partial charge in [-0.3, -0.25) is 4.79 Å². The van der Waals surface area contributed by atoms with Gasteiger partial charge in [0.05, 0.1) is 0 Å². The van der Waals surface area contributed by atoms with Gasteiger partial charge < -0.3 is 14.8 Å². The summed E-state index contributed by atoms with van der Waals surface area (Å²) in [5, 5.41) is 2.96. The van der Waals surface area contributed by atoms with Crippen molar-refractivity contribution >= 4 is 11.9 Å². The maximum atomic E-state index is 12.0. The van der Waals surface area contributed by atoms with Gasteiger partial charge in [0.25, 0.3) is 5.91 Å². The van der Waals surface area contributed by atoms with Crippen molar-refractivity contribution in [3.8, 4) is 5.75 Å². The van der Waals surface area contributed by atoms with Crippen molar-refractivity contribution in [2.45, 2.75) is 58.6 Å². The van der Waals surface area contributed by atoms with E-state index in [1.165, 1.54) is 6.42 Å². The molecule has 0 spiro atoms. The minimum atomic E-state index is -0.756. The van der Waals surface area contributed by atoms with Gasteiger partial charge in [-0.25, -0.2) is 4.79 Å². The smallest absolute Gasteiger partial charge is 0.347 e. The van der Waals surface area contributed by atoms with E-state index in [4.69, 9.17) is 9.47 Å². The van der Waals surface area contributed by atoms with Crippen molar-refractivity contribution in [2.75, 3.05) is 6.61 Å². The molecule has 3 atom stereocenters. The minimum absolute atomic E-state index is 0.186. The largest absolute Gasteiger partial charge is 0.479 e. The summed E-state index contributed by atoms with van der Waals surface area (Å²) in [4.78, 5) is 23.9. The van der Waals surface area contributed by atoms with E-state index < -0.39 is 12.1 Å². The predicted octanol–water partition coefficient (Wildman–Crippen LogP) is 3.00. The Bertz CT molecular complexity index is 572. The molecule has 1 aromatic carbocycles. The van der Waals surface area contributed by atoms with Crippen LogP contribution in [-0.2, 0) is 14.3 Å². The Labute approximate surface area is 143 Å². The van der Waals surface area contributed by atoms with Crippen LogP contribution in [-0.4, -0.2) is 30.6 Å². The number of nitrogens with one attached hydrogen (secondary N) is 1. The Hall–Kier alpha value is -2.04. The quantitative estimate of drug-likeness (QED) is 0.813. The molecule has 5 nitrogen and oxygen atoms in total. The highest BCUT2D eigenvalue weighted by molar-refractivity contribution is 5.82. The van der Waals surface area contributed by atoms with Crippen LogP contribution in [0.25, 0.3) is 0 Å². The molecule has 132 valence electrons. The van der Waals surface area contributed by atoms with Crippen LogP contribution in [0.5, 0.6) is 5.75 Å². The van der Waals surface area contributed by atoms with E-state index in [1.807, 2.05) is 25.1 Å². The first-order valence-electron chi connectivity index (χ1n) is 8.65. The third-order valence-electron chi connectivity index (χ3n) is 4.44. The van der Waals surface area contributed by atoms with Crippen LogP contribution >= 0.6 is 0 Å². The second-order valence-corrected chi connectivity index (χ2v) is 6.62. The van der Waals surface area contributed by atoms with E-state index in [0.29, 0.717) is 11.7 Å². The molecule has 0 aromatic heterocycles. The molecule has 0 bridgehead atoms. The van der Waals surface area contributed by atoms with Crippen molar-refractivity contribution in [2.24, 2.45) is 5.92 Å². The van der Waals surface area contributed by atoms with E-state index >= 15 is 0 Å². The number of aryl methyl sites for hydroxylation is 1. The lowest BCUT2D eigenvalue weighted by molar-refractivity contribution is -0.155.